The van der Waals surface area contributed by atoms with Gasteiger partial charge in [-0.15, -0.1) is 11.3 Å². The maximum Gasteiger partial charge on any atom is 0.280 e. The first-order valence-corrected chi connectivity index (χ1v) is 11.2. The summed E-state index contributed by atoms with van der Waals surface area (Å²) in [5.41, 5.74) is 2.89. The SMILES string of the molecule is CCn1c(=NC(=O)c2cc(-c3cccs3)nc3ccccc23)sc2cc(F)ccc21. The number of halogens is 1. The largest absolute Gasteiger partial charge is 0.317 e. The number of aromatic nitrogens is 2. The third-order valence-corrected chi connectivity index (χ3v) is 6.81. The summed E-state index contributed by atoms with van der Waals surface area (Å²) in [6, 6.07) is 18.0. The predicted molar refractivity (Wildman–Crippen MR) is 120 cm³/mol. The number of aryl methyl sites for hydroxylation is 1. The summed E-state index contributed by atoms with van der Waals surface area (Å²) in [6.45, 7) is 2.62. The van der Waals surface area contributed by atoms with Gasteiger partial charge in [0.25, 0.3) is 5.91 Å². The van der Waals surface area contributed by atoms with Gasteiger partial charge in [-0.1, -0.05) is 35.6 Å². The van der Waals surface area contributed by atoms with Crippen LogP contribution in [0.1, 0.15) is 17.3 Å². The second-order valence-corrected chi connectivity index (χ2v) is 8.66. The summed E-state index contributed by atoms with van der Waals surface area (Å²) in [7, 11) is 0. The molecule has 0 fully saturated rings. The van der Waals surface area contributed by atoms with Crippen molar-refractivity contribution in [1.82, 2.24) is 9.55 Å². The molecule has 0 unspecified atom stereocenters. The Morgan fingerprint density at radius 2 is 2.00 bits per heavy atom. The number of carbonyl (C=O) groups is 1. The molecule has 3 heterocycles. The number of hydrogen-bond donors (Lipinski definition) is 0. The first-order chi connectivity index (χ1) is 14.6. The highest BCUT2D eigenvalue weighted by Crippen LogP contribution is 2.28. The summed E-state index contributed by atoms with van der Waals surface area (Å²) >= 11 is 2.89. The minimum Gasteiger partial charge on any atom is -0.317 e. The van der Waals surface area contributed by atoms with Gasteiger partial charge in [0.05, 0.1) is 31.9 Å². The van der Waals surface area contributed by atoms with Gasteiger partial charge in [-0.05, 0) is 48.7 Å². The average molecular weight is 434 g/mol. The summed E-state index contributed by atoms with van der Waals surface area (Å²) < 4.78 is 16.4. The third-order valence-electron chi connectivity index (χ3n) is 4.88. The monoisotopic (exact) mass is 433 g/mol. The van der Waals surface area contributed by atoms with Crippen LogP contribution in [0.15, 0.2) is 71.0 Å². The molecule has 2 aromatic carbocycles. The Balaban J connectivity index is 1.71. The van der Waals surface area contributed by atoms with Crippen LogP contribution in [0.2, 0.25) is 0 Å². The molecule has 0 spiro atoms. The zero-order valence-electron chi connectivity index (χ0n) is 16.0. The number of carbonyl (C=O) groups excluding carboxylic acids is 1. The molecule has 4 nitrogen and oxygen atoms in total. The Morgan fingerprint density at radius 1 is 1.13 bits per heavy atom. The minimum atomic E-state index is -0.333. The van der Waals surface area contributed by atoms with Gasteiger partial charge in [0, 0.05) is 11.9 Å². The lowest BCUT2D eigenvalue weighted by molar-refractivity contribution is 0.0999. The van der Waals surface area contributed by atoms with Crippen molar-refractivity contribution < 1.29 is 9.18 Å². The zero-order chi connectivity index (χ0) is 20.7. The molecule has 0 saturated heterocycles. The molecule has 0 bridgehead atoms. The van der Waals surface area contributed by atoms with Gasteiger partial charge in [-0.3, -0.25) is 4.79 Å². The summed E-state index contributed by atoms with van der Waals surface area (Å²) in [5, 5.41) is 2.75. The van der Waals surface area contributed by atoms with Gasteiger partial charge in [-0.25, -0.2) is 9.37 Å². The second-order valence-electron chi connectivity index (χ2n) is 6.71. The van der Waals surface area contributed by atoms with Crippen LogP contribution in [-0.4, -0.2) is 15.5 Å². The van der Waals surface area contributed by atoms with E-state index in [0.717, 1.165) is 31.7 Å². The van der Waals surface area contributed by atoms with Crippen LogP contribution in [0.3, 0.4) is 0 Å². The van der Waals surface area contributed by atoms with E-state index < -0.39 is 0 Å². The number of hydrogen-bond acceptors (Lipinski definition) is 4. The summed E-state index contributed by atoms with van der Waals surface area (Å²) in [5.74, 6) is -0.633. The van der Waals surface area contributed by atoms with Crippen molar-refractivity contribution in [3.05, 3.63) is 82.2 Å². The molecule has 148 valence electrons. The molecule has 30 heavy (non-hydrogen) atoms. The van der Waals surface area contributed by atoms with Crippen molar-refractivity contribution >= 4 is 49.7 Å². The highest BCUT2D eigenvalue weighted by Gasteiger charge is 2.15. The Labute approximate surface area is 179 Å². The predicted octanol–water partition coefficient (Wildman–Crippen LogP) is 5.88. The van der Waals surface area contributed by atoms with Gasteiger partial charge in [-0.2, -0.15) is 4.99 Å². The fraction of sp³-hybridized carbons (Fsp3) is 0.0870. The summed E-state index contributed by atoms with van der Waals surface area (Å²) in [6.07, 6.45) is 0. The van der Waals surface area contributed by atoms with Crippen LogP contribution in [0, 0.1) is 5.82 Å². The lowest BCUT2D eigenvalue weighted by atomic mass is 10.1. The van der Waals surface area contributed by atoms with E-state index in [2.05, 4.69) is 4.99 Å². The van der Waals surface area contributed by atoms with Gasteiger partial charge >= 0.3 is 0 Å². The molecule has 0 radical (unpaired) electrons. The van der Waals surface area contributed by atoms with Crippen LogP contribution >= 0.6 is 22.7 Å². The second kappa shape index (κ2) is 7.59. The van der Waals surface area contributed by atoms with Crippen molar-refractivity contribution in [3.8, 4) is 10.6 Å². The minimum absolute atomic E-state index is 0.300. The maximum absolute atomic E-state index is 13.7. The van der Waals surface area contributed by atoms with E-state index in [-0.39, 0.29) is 11.7 Å². The molecule has 0 saturated carbocycles. The highest BCUT2D eigenvalue weighted by atomic mass is 32.1. The molecular weight excluding hydrogens is 417 g/mol. The number of thiazole rings is 1. The molecule has 5 rings (SSSR count). The van der Waals surface area contributed by atoms with Gasteiger partial charge < -0.3 is 4.57 Å². The van der Waals surface area contributed by atoms with E-state index in [9.17, 15) is 9.18 Å². The molecule has 0 aliphatic carbocycles. The van der Waals surface area contributed by atoms with Crippen LogP contribution in [0.5, 0.6) is 0 Å². The quantitative estimate of drug-likeness (QED) is 0.357. The zero-order valence-corrected chi connectivity index (χ0v) is 17.6. The summed E-state index contributed by atoms with van der Waals surface area (Å²) in [4.78, 5) is 24.0. The van der Waals surface area contributed by atoms with Crippen LogP contribution < -0.4 is 4.80 Å². The van der Waals surface area contributed by atoms with E-state index in [4.69, 9.17) is 4.98 Å². The number of pyridine rings is 1. The lowest BCUT2D eigenvalue weighted by Crippen LogP contribution is -2.16. The maximum atomic E-state index is 13.7. The highest BCUT2D eigenvalue weighted by molar-refractivity contribution is 7.16. The van der Waals surface area contributed by atoms with E-state index in [1.54, 1.807) is 17.4 Å². The first-order valence-electron chi connectivity index (χ1n) is 9.45. The molecule has 0 N–H and O–H groups in total. The van der Waals surface area contributed by atoms with Crippen molar-refractivity contribution in [1.29, 1.82) is 0 Å². The van der Waals surface area contributed by atoms with E-state index in [1.807, 2.05) is 59.3 Å². The number of amides is 1. The fourth-order valence-corrected chi connectivity index (χ4v) is 5.29. The molecule has 0 aliphatic rings. The standard InChI is InChI=1S/C23H16FN3OS2/c1-2-27-19-10-9-14(24)12-21(19)30-23(27)26-22(28)16-13-18(20-8-5-11-29-20)25-17-7-4-3-6-15(16)17/h3-13H,2H2,1H3. The third kappa shape index (κ3) is 3.26. The van der Waals surface area contributed by atoms with Crippen molar-refractivity contribution in [2.24, 2.45) is 4.99 Å². The number of benzene rings is 2. The molecule has 7 heteroatoms. The molecule has 3 aromatic heterocycles. The van der Waals surface area contributed by atoms with Crippen molar-refractivity contribution in [2.45, 2.75) is 13.5 Å². The Hall–Kier alpha value is -3.16. The Morgan fingerprint density at radius 3 is 2.80 bits per heavy atom. The van der Waals surface area contributed by atoms with Gasteiger partial charge in [0.1, 0.15) is 5.82 Å². The molecular formula is C23H16FN3OS2. The van der Waals surface area contributed by atoms with E-state index in [1.165, 1.54) is 23.5 Å². The number of nitrogens with zero attached hydrogens (tertiary/aromatic N) is 3. The van der Waals surface area contributed by atoms with Gasteiger partial charge in [0.2, 0.25) is 0 Å². The van der Waals surface area contributed by atoms with Crippen molar-refractivity contribution in [3.63, 3.8) is 0 Å². The topological polar surface area (TPSA) is 47.2 Å². The van der Waals surface area contributed by atoms with Crippen molar-refractivity contribution in [2.75, 3.05) is 0 Å². The number of para-hydroxylation sites is 1. The number of rotatable bonds is 3. The molecule has 0 atom stereocenters. The van der Waals surface area contributed by atoms with Crippen LogP contribution in [-0.2, 0) is 6.54 Å². The van der Waals surface area contributed by atoms with Gasteiger partial charge in [0.15, 0.2) is 4.80 Å². The molecule has 0 aliphatic heterocycles. The Kier molecular flexibility index (Phi) is 4.77. The number of fused-ring (bicyclic) bond motifs is 2. The fourth-order valence-electron chi connectivity index (χ4n) is 3.49. The first kappa shape index (κ1) is 18.8. The van der Waals surface area contributed by atoms with Crippen LogP contribution in [0.4, 0.5) is 4.39 Å². The average Bonchev–Trinajstić information content (AvgIpc) is 3.40. The molecule has 1 amide bonds. The van der Waals surface area contributed by atoms with E-state index >= 15 is 0 Å². The molecule has 5 aromatic rings. The lowest BCUT2D eigenvalue weighted by Gasteiger charge is -2.06. The van der Waals surface area contributed by atoms with Crippen LogP contribution in [0.25, 0.3) is 31.7 Å². The smallest absolute Gasteiger partial charge is 0.280 e. The Bertz CT molecular complexity index is 1470. The number of thiophene rings is 1. The van der Waals surface area contributed by atoms with E-state index in [0.29, 0.717) is 16.9 Å². The normalized spacial score (nSPS) is 12.1.